The number of hydrogen-bond donors (Lipinski definition) is 0. The first-order valence-corrected chi connectivity index (χ1v) is 4.85. The molecule has 0 aliphatic rings. The summed E-state index contributed by atoms with van der Waals surface area (Å²) in [6, 6.07) is 0. The summed E-state index contributed by atoms with van der Waals surface area (Å²) in [6.45, 7) is 8.31. The predicted molar refractivity (Wildman–Crippen MR) is 55.8 cm³/mol. The van der Waals surface area contributed by atoms with E-state index in [1.54, 1.807) is 0 Å². The quantitative estimate of drug-likeness (QED) is 0.405. The zero-order valence-electron chi connectivity index (χ0n) is 8.32. The number of allylic oxidation sites excluding steroid dienone is 1. The van der Waals surface area contributed by atoms with Crippen molar-refractivity contribution in [3.05, 3.63) is 12.2 Å². The van der Waals surface area contributed by atoms with E-state index in [-0.39, 0.29) is 0 Å². The van der Waals surface area contributed by atoms with Gasteiger partial charge in [-0.05, 0) is 25.7 Å². The molecule has 0 N–H and O–H groups in total. The maximum atomic E-state index is 3.92. The van der Waals surface area contributed by atoms with Crippen molar-refractivity contribution in [1.29, 1.82) is 0 Å². The lowest BCUT2D eigenvalue weighted by Crippen LogP contribution is -1.98. The lowest BCUT2D eigenvalue weighted by Gasteiger charge is -2.12. The first-order chi connectivity index (χ1) is 5.20. The third-order valence-electron chi connectivity index (χ3n) is 2.25. The minimum Gasteiger partial charge on any atom is -0.100 e. The van der Waals surface area contributed by atoms with Crippen molar-refractivity contribution in [2.75, 3.05) is 0 Å². The SMILES string of the molecule is BCC(CCC)CCC(=C)C. The molecule has 0 heterocycles. The molecule has 1 heteroatoms. The Labute approximate surface area is 72.5 Å². The maximum Gasteiger partial charge on any atom is 0.101 e. The van der Waals surface area contributed by atoms with Gasteiger partial charge in [-0.3, -0.25) is 0 Å². The van der Waals surface area contributed by atoms with Gasteiger partial charge in [0.25, 0.3) is 0 Å². The van der Waals surface area contributed by atoms with Crippen LogP contribution in [0.4, 0.5) is 0 Å². The van der Waals surface area contributed by atoms with Crippen LogP contribution in [0.15, 0.2) is 12.2 Å². The second kappa shape index (κ2) is 6.51. The van der Waals surface area contributed by atoms with Gasteiger partial charge >= 0.3 is 0 Å². The zero-order valence-corrected chi connectivity index (χ0v) is 8.32. The monoisotopic (exact) mass is 152 g/mol. The Hall–Kier alpha value is -0.195. The van der Waals surface area contributed by atoms with Crippen LogP contribution in [0.5, 0.6) is 0 Å². The van der Waals surface area contributed by atoms with Crippen molar-refractivity contribution in [3.63, 3.8) is 0 Å². The van der Waals surface area contributed by atoms with Crippen molar-refractivity contribution in [2.45, 2.75) is 45.9 Å². The first-order valence-electron chi connectivity index (χ1n) is 4.85. The summed E-state index contributed by atoms with van der Waals surface area (Å²) in [5, 5.41) is 0. The molecule has 0 spiro atoms. The molecule has 0 radical (unpaired) electrons. The van der Waals surface area contributed by atoms with Gasteiger partial charge in [-0.1, -0.05) is 31.7 Å². The normalized spacial score (nSPS) is 12.9. The van der Waals surface area contributed by atoms with Crippen LogP contribution in [-0.4, -0.2) is 7.85 Å². The fourth-order valence-electron chi connectivity index (χ4n) is 1.41. The van der Waals surface area contributed by atoms with E-state index in [0.717, 1.165) is 5.92 Å². The maximum absolute atomic E-state index is 3.92. The average molecular weight is 152 g/mol. The molecule has 0 rings (SSSR count). The van der Waals surface area contributed by atoms with Gasteiger partial charge in [-0.15, -0.1) is 6.58 Å². The summed E-state index contributed by atoms with van der Waals surface area (Å²) in [5.74, 6) is 0.941. The van der Waals surface area contributed by atoms with Crippen LogP contribution in [0.3, 0.4) is 0 Å². The van der Waals surface area contributed by atoms with E-state index in [0.29, 0.717) is 0 Å². The van der Waals surface area contributed by atoms with E-state index < -0.39 is 0 Å². The van der Waals surface area contributed by atoms with Gasteiger partial charge in [0, 0.05) is 0 Å². The van der Waals surface area contributed by atoms with Gasteiger partial charge in [-0.2, -0.15) is 0 Å². The molecule has 0 aromatic heterocycles. The summed E-state index contributed by atoms with van der Waals surface area (Å²) in [5.41, 5.74) is 1.33. The van der Waals surface area contributed by atoms with Gasteiger partial charge in [0.1, 0.15) is 7.85 Å². The van der Waals surface area contributed by atoms with Crippen LogP contribution in [0.2, 0.25) is 6.32 Å². The van der Waals surface area contributed by atoms with E-state index in [1.807, 2.05) is 0 Å². The van der Waals surface area contributed by atoms with Gasteiger partial charge < -0.3 is 0 Å². The highest BCUT2D eigenvalue weighted by Crippen LogP contribution is 2.18. The van der Waals surface area contributed by atoms with Crippen LogP contribution >= 0.6 is 0 Å². The summed E-state index contributed by atoms with van der Waals surface area (Å²) < 4.78 is 0. The molecule has 0 fully saturated rings. The Kier molecular flexibility index (Phi) is 6.40. The molecular formula is C10H21B. The van der Waals surface area contributed by atoms with Crippen molar-refractivity contribution in [1.82, 2.24) is 0 Å². The second-order valence-electron chi connectivity index (χ2n) is 3.56. The molecule has 64 valence electrons. The minimum atomic E-state index is 0.941. The highest BCUT2D eigenvalue weighted by molar-refractivity contribution is 6.08. The molecule has 0 nitrogen and oxygen atoms in total. The standard InChI is InChI=1S/C10H21B/c1-4-5-10(8-11)7-6-9(2)3/h10H,2,4-8,11H2,1,3H3. The Morgan fingerprint density at radius 2 is 2.09 bits per heavy atom. The molecule has 1 atom stereocenters. The molecule has 0 amide bonds. The van der Waals surface area contributed by atoms with Crippen molar-refractivity contribution >= 4 is 7.85 Å². The van der Waals surface area contributed by atoms with E-state index in [1.165, 1.54) is 37.6 Å². The fourth-order valence-corrected chi connectivity index (χ4v) is 1.41. The van der Waals surface area contributed by atoms with Gasteiger partial charge in [0.15, 0.2) is 0 Å². The predicted octanol–water partition coefficient (Wildman–Crippen LogP) is 2.81. The van der Waals surface area contributed by atoms with Gasteiger partial charge in [0.05, 0.1) is 0 Å². The Bertz CT molecular complexity index is 107. The third kappa shape index (κ3) is 6.21. The van der Waals surface area contributed by atoms with Crippen molar-refractivity contribution < 1.29 is 0 Å². The van der Waals surface area contributed by atoms with Crippen LogP contribution in [0.25, 0.3) is 0 Å². The summed E-state index contributed by atoms with van der Waals surface area (Å²) in [6.07, 6.45) is 6.62. The Balaban J connectivity index is 3.43. The summed E-state index contributed by atoms with van der Waals surface area (Å²) in [7, 11) is 2.29. The molecule has 11 heavy (non-hydrogen) atoms. The topological polar surface area (TPSA) is 0 Å². The second-order valence-corrected chi connectivity index (χ2v) is 3.56. The smallest absolute Gasteiger partial charge is 0.100 e. The van der Waals surface area contributed by atoms with E-state index in [9.17, 15) is 0 Å². The van der Waals surface area contributed by atoms with Crippen LogP contribution < -0.4 is 0 Å². The van der Waals surface area contributed by atoms with E-state index in [2.05, 4.69) is 28.3 Å². The van der Waals surface area contributed by atoms with E-state index >= 15 is 0 Å². The summed E-state index contributed by atoms with van der Waals surface area (Å²) >= 11 is 0. The molecule has 0 saturated heterocycles. The van der Waals surface area contributed by atoms with Gasteiger partial charge in [0.2, 0.25) is 0 Å². The summed E-state index contributed by atoms with van der Waals surface area (Å²) in [4.78, 5) is 0. The number of rotatable bonds is 6. The fraction of sp³-hybridized carbons (Fsp3) is 0.800. The molecule has 0 aromatic carbocycles. The van der Waals surface area contributed by atoms with Crippen LogP contribution in [0, 0.1) is 5.92 Å². The molecule has 0 aliphatic heterocycles. The minimum absolute atomic E-state index is 0.941. The zero-order chi connectivity index (χ0) is 8.69. The van der Waals surface area contributed by atoms with Crippen LogP contribution in [-0.2, 0) is 0 Å². The lowest BCUT2D eigenvalue weighted by atomic mass is 9.84. The third-order valence-corrected chi connectivity index (χ3v) is 2.25. The molecule has 0 aromatic rings. The van der Waals surface area contributed by atoms with E-state index in [4.69, 9.17) is 0 Å². The number of hydrogen-bond acceptors (Lipinski definition) is 0. The van der Waals surface area contributed by atoms with Crippen molar-refractivity contribution in [2.24, 2.45) is 5.92 Å². The Morgan fingerprint density at radius 1 is 1.45 bits per heavy atom. The largest absolute Gasteiger partial charge is 0.101 e. The first kappa shape index (κ1) is 10.8. The lowest BCUT2D eigenvalue weighted by molar-refractivity contribution is 0.486. The molecule has 1 unspecified atom stereocenters. The molecule has 0 bridgehead atoms. The highest BCUT2D eigenvalue weighted by Gasteiger charge is 2.03. The molecule has 0 aliphatic carbocycles. The molecule has 0 saturated carbocycles. The average Bonchev–Trinajstić information content (AvgIpc) is 1.97. The van der Waals surface area contributed by atoms with Crippen LogP contribution in [0.1, 0.15) is 39.5 Å². The Morgan fingerprint density at radius 3 is 2.45 bits per heavy atom. The van der Waals surface area contributed by atoms with Crippen molar-refractivity contribution in [3.8, 4) is 0 Å². The highest BCUT2D eigenvalue weighted by atomic mass is 14.1. The van der Waals surface area contributed by atoms with Gasteiger partial charge in [-0.25, -0.2) is 0 Å². The molecular weight excluding hydrogens is 131 g/mol.